The number of nitrogens with zero attached hydrogens (tertiary/aromatic N) is 2. The first-order valence-corrected chi connectivity index (χ1v) is 9.12. The predicted octanol–water partition coefficient (Wildman–Crippen LogP) is 5.50. The zero-order valence-electron chi connectivity index (χ0n) is 14.2. The third kappa shape index (κ3) is 3.59. The highest BCUT2D eigenvalue weighted by Gasteiger charge is 2.24. The van der Waals surface area contributed by atoms with Crippen LogP contribution in [0.1, 0.15) is 22.3 Å². The lowest BCUT2D eigenvalue weighted by atomic mass is 10.00. The molecule has 0 N–H and O–H groups in total. The Bertz CT molecular complexity index is 1030. The molecule has 1 aromatic heterocycles. The van der Waals surface area contributed by atoms with Crippen molar-refractivity contribution in [1.29, 1.82) is 0 Å². The number of hydrogen-bond acceptors (Lipinski definition) is 4. The van der Waals surface area contributed by atoms with E-state index in [0.29, 0.717) is 40.8 Å². The van der Waals surface area contributed by atoms with Gasteiger partial charge in [-0.25, -0.2) is 9.97 Å². The number of carbonyl (C=O) groups excluding carboxylic acids is 1. The largest absolute Gasteiger partial charge is 0.491 e. The average Bonchev–Trinajstić information content (AvgIpc) is 2.86. The topological polar surface area (TPSA) is 52.1 Å². The molecular weight excluding hydrogens is 383 g/mol. The van der Waals surface area contributed by atoms with Crippen molar-refractivity contribution in [3.8, 4) is 17.1 Å². The fourth-order valence-electron chi connectivity index (χ4n) is 2.89. The summed E-state index contributed by atoms with van der Waals surface area (Å²) in [7, 11) is 0. The van der Waals surface area contributed by atoms with E-state index in [1.54, 1.807) is 30.6 Å². The molecular formula is C21H14Cl2N2O2. The van der Waals surface area contributed by atoms with E-state index >= 15 is 0 Å². The Balaban J connectivity index is 1.65. The van der Waals surface area contributed by atoms with Crippen molar-refractivity contribution in [2.24, 2.45) is 0 Å². The molecule has 0 fully saturated rings. The van der Waals surface area contributed by atoms with Gasteiger partial charge in [-0.15, -0.1) is 0 Å². The number of carbonyl (C=O) groups is 1. The second-order valence-electron chi connectivity index (χ2n) is 6.04. The second-order valence-corrected chi connectivity index (χ2v) is 6.83. The minimum absolute atomic E-state index is 0.131. The summed E-state index contributed by atoms with van der Waals surface area (Å²) < 4.78 is 5.67. The smallest absolute Gasteiger partial charge is 0.192 e. The standard InChI is InChI=1S/C21H14Cl2N2O2/c22-17-7-6-16-19(26)15(8-9-27-20(16)18(17)23)10-13-11-24-21(25-12-13)14-4-2-1-3-5-14/h1-7,10-12H,8-9H2/b15-10+. The third-order valence-electron chi connectivity index (χ3n) is 4.25. The molecule has 0 aliphatic carbocycles. The van der Waals surface area contributed by atoms with Gasteiger partial charge in [0.15, 0.2) is 17.4 Å². The van der Waals surface area contributed by atoms with Crippen LogP contribution < -0.4 is 4.74 Å². The number of aromatic nitrogens is 2. The van der Waals surface area contributed by atoms with Gasteiger partial charge in [0.05, 0.1) is 17.2 Å². The molecule has 3 aromatic rings. The van der Waals surface area contributed by atoms with Gasteiger partial charge in [0, 0.05) is 35.5 Å². The van der Waals surface area contributed by atoms with Crippen molar-refractivity contribution in [1.82, 2.24) is 9.97 Å². The van der Waals surface area contributed by atoms with Crippen LogP contribution in [0.15, 0.2) is 60.4 Å². The number of hydrogen-bond donors (Lipinski definition) is 0. The summed E-state index contributed by atoms with van der Waals surface area (Å²) in [5.74, 6) is 0.849. The monoisotopic (exact) mass is 396 g/mol. The second kappa shape index (κ2) is 7.51. The predicted molar refractivity (Wildman–Crippen MR) is 106 cm³/mol. The summed E-state index contributed by atoms with van der Waals surface area (Å²) in [6, 6.07) is 13.0. The molecule has 2 heterocycles. The molecule has 0 saturated carbocycles. The molecule has 0 radical (unpaired) electrons. The van der Waals surface area contributed by atoms with E-state index in [2.05, 4.69) is 9.97 Å². The van der Waals surface area contributed by atoms with Gasteiger partial charge >= 0.3 is 0 Å². The van der Waals surface area contributed by atoms with Crippen LogP contribution in [0.2, 0.25) is 10.0 Å². The highest BCUT2D eigenvalue weighted by molar-refractivity contribution is 6.43. The number of Topliss-reactive ketones (excluding diaryl/α,β-unsaturated/α-hetero) is 1. The van der Waals surface area contributed by atoms with Crippen molar-refractivity contribution < 1.29 is 9.53 Å². The molecule has 0 saturated heterocycles. The minimum Gasteiger partial charge on any atom is -0.491 e. The fourth-order valence-corrected chi connectivity index (χ4v) is 3.26. The number of halogens is 2. The van der Waals surface area contributed by atoms with E-state index in [4.69, 9.17) is 27.9 Å². The number of ketones is 1. The van der Waals surface area contributed by atoms with Gasteiger partial charge in [-0.3, -0.25) is 4.79 Å². The maximum absolute atomic E-state index is 12.9. The van der Waals surface area contributed by atoms with Gasteiger partial charge < -0.3 is 4.74 Å². The first-order chi connectivity index (χ1) is 13.1. The summed E-state index contributed by atoms with van der Waals surface area (Å²) in [5.41, 5.74) is 2.72. The SMILES string of the molecule is O=C1/C(=C/c2cnc(-c3ccccc3)nc2)CCOc2c1ccc(Cl)c2Cl. The van der Waals surface area contributed by atoms with Crippen LogP contribution in [0, 0.1) is 0 Å². The molecule has 0 atom stereocenters. The molecule has 0 spiro atoms. The summed E-state index contributed by atoms with van der Waals surface area (Å²) in [6.45, 7) is 0.341. The van der Waals surface area contributed by atoms with E-state index in [9.17, 15) is 4.79 Å². The van der Waals surface area contributed by atoms with Crippen LogP contribution >= 0.6 is 23.2 Å². The summed E-state index contributed by atoms with van der Waals surface area (Å²) in [6.07, 6.45) is 5.66. The van der Waals surface area contributed by atoms with Crippen LogP contribution in [0.3, 0.4) is 0 Å². The molecule has 4 rings (SSSR count). The normalized spacial score (nSPS) is 15.2. The Morgan fingerprint density at radius 2 is 1.74 bits per heavy atom. The van der Waals surface area contributed by atoms with Crippen molar-refractivity contribution in [2.45, 2.75) is 6.42 Å². The lowest BCUT2D eigenvalue weighted by Crippen LogP contribution is -2.02. The molecule has 4 nitrogen and oxygen atoms in total. The van der Waals surface area contributed by atoms with Crippen molar-refractivity contribution >= 4 is 35.1 Å². The maximum atomic E-state index is 12.9. The van der Waals surface area contributed by atoms with E-state index in [0.717, 1.165) is 11.1 Å². The highest BCUT2D eigenvalue weighted by atomic mass is 35.5. The molecule has 1 aliphatic rings. The average molecular weight is 397 g/mol. The van der Waals surface area contributed by atoms with E-state index in [1.807, 2.05) is 30.3 Å². The molecule has 0 amide bonds. The van der Waals surface area contributed by atoms with Gasteiger partial charge in [0.25, 0.3) is 0 Å². The van der Waals surface area contributed by atoms with Crippen molar-refractivity contribution in [3.05, 3.63) is 81.6 Å². The van der Waals surface area contributed by atoms with Gasteiger partial charge in [-0.2, -0.15) is 0 Å². The van der Waals surface area contributed by atoms with Gasteiger partial charge in [-0.05, 0) is 18.2 Å². The first-order valence-electron chi connectivity index (χ1n) is 8.37. The highest BCUT2D eigenvalue weighted by Crippen LogP contribution is 2.38. The quantitative estimate of drug-likeness (QED) is 0.536. The molecule has 2 aromatic carbocycles. The number of fused-ring (bicyclic) bond motifs is 1. The fraction of sp³-hybridized carbons (Fsp3) is 0.0952. The zero-order valence-corrected chi connectivity index (χ0v) is 15.7. The Kier molecular flexibility index (Phi) is 4.92. The Morgan fingerprint density at radius 1 is 1.00 bits per heavy atom. The van der Waals surface area contributed by atoms with E-state index < -0.39 is 0 Å². The van der Waals surface area contributed by atoms with E-state index in [1.165, 1.54) is 0 Å². The molecule has 0 bridgehead atoms. The van der Waals surface area contributed by atoms with Crippen LogP contribution in [0.5, 0.6) is 5.75 Å². The van der Waals surface area contributed by atoms with Gasteiger partial charge in [0.2, 0.25) is 0 Å². The number of ether oxygens (including phenoxy) is 1. The zero-order chi connectivity index (χ0) is 18.8. The lowest BCUT2D eigenvalue weighted by Gasteiger charge is -2.08. The summed E-state index contributed by atoms with van der Waals surface area (Å²) in [5, 5.41) is 0.625. The number of benzene rings is 2. The van der Waals surface area contributed by atoms with Crippen LogP contribution in [0.25, 0.3) is 17.5 Å². The van der Waals surface area contributed by atoms with E-state index in [-0.39, 0.29) is 10.8 Å². The molecule has 0 unspecified atom stereocenters. The Labute approximate surface area is 166 Å². The van der Waals surface area contributed by atoms with Crippen molar-refractivity contribution in [2.75, 3.05) is 6.61 Å². The lowest BCUT2D eigenvalue weighted by molar-refractivity contribution is 0.103. The molecule has 134 valence electrons. The summed E-state index contributed by atoms with van der Waals surface area (Å²) >= 11 is 12.2. The molecule has 1 aliphatic heterocycles. The van der Waals surface area contributed by atoms with Gasteiger partial charge in [0.1, 0.15) is 5.02 Å². The van der Waals surface area contributed by atoms with Crippen LogP contribution in [-0.4, -0.2) is 22.4 Å². The molecule has 27 heavy (non-hydrogen) atoms. The Hall–Kier alpha value is -2.69. The summed E-state index contributed by atoms with van der Waals surface area (Å²) in [4.78, 5) is 21.7. The van der Waals surface area contributed by atoms with Gasteiger partial charge in [-0.1, -0.05) is 53.5 Å². The third-order valence-corrected chi connectivity index (χ3v) is 5.04. The minimum atomic E-state index is -0.131. The first kappa shape index (κ1) is 17.7. The Morgan fingerprint density at radius 3 is 2.48 bits per heavy atom. The van der Waals surface area contributed by atoms with Crippen molar-refractivity contribution in [3.63, 3.8) is 0 Å². The van der Waals surface area contributed by atoms with Crippen LogP contribution in [0.4, 0.5) is 0 Å². The maximum Gasteiger partial charge on any atom is 0.192 e. The van der Waals surface area contributed by atoms with Crippen LogP contribution in [-0.2, 0) is 0 Å². The number of rotatable bonds is 2. The molecule has 6 heteroatoms.